The number of nitrogen functional groups attached to an aromatic ring is 2. The van der Waals surface area contributed by atoms with E-state index in [1.54, 1.807) is 0 Å². The summed E-state index contributed by atoms with van der Waals surface area (Å²) >= 11 is 0. The third kappa shape index (κ3) is 5.63. The molecule has 4 aromatic heterocycles. The van der Waals surface area contributed by atoms with Crippen LogP contribution in [0.25, 0.3) is 22.3 Å². The molecule has 0 aliphatic carbocycles. The summed E-state index contributed by atoms with van der Waals surface area (Å²) in [7, 11) is -9.45. The smallest absolute Gasteiger partial charge is 0.382 e. The van der Waals surface area contributed by atoms with E-state index in [2.05, 4.69) is 29.9 Å². The summed E-state index contributed by atoms with van der Waals surface area (Å²) in [6.45, 7) is -1.25. The summed E-state index contributed by atoms with van der Waals surface area (Å²) in [5.74, 6) is -0.191. The predicted molar refractivity (Wildman–Crippen MR) is 146 cm³/mol. The fourth-order valence-electron chi connectivity index (χ4n) is 5.39. The van der Waals surface area contributed by atoms with Crippen LogP contribution in [0.2, 0.25) is 0 Å². The highest BCUT2D eigenvalue weighted by Crippen LogP contribution is 2.52. The molecule has 7 heterocycles. The molecule has 4 aromatic rings. The van der Waals surface area contributed by atoms with Crippen LogP contribution in [0, 0.1) is 0 Å². The van der Waals surface area contributed by atoms with E-state index in [1.165, 1.54) is 21.8 Å². The van der Waals surface area contributed by atoms with Gasteiger partial charge in [-0.3, -0.25) is 32.5 Å². The number of alkyl halides is 1. The number of halogens is 1. The monoisotopic (exact) mass is 674 g/mol. The van der Waals surface area contributed by atoms with Crippen LogP contribution < -0.4 is 17.0 Å². The average molecular weight is 674 g/mol. The van der Waals surface area contributed by atoms with Crippen molar-refractivity contribution in [2.24, 2.45) is 0 Å². The molecular weight excluding hydrogens is 649 g/mol. The van der Waals surface area contributed by atoms with Gasteiger partial charge in [0.1, 0.15) is 36.5 Å². The molecule has 0 saturated carbocycles. The maximum Gasteiger partial charge on any atom is 0.472 e. The van der Waals surface area contributed by atoms with Crippen molar-refractivity contribution < 1.29 is 51.1 Å². The number of aromatic amines is 1. The van der Waals surface area contributed by atoms with Crippen LogP contribution in [0.5, 0.6) is 0 Å². The van der Waals surface area contributed by atoms with Crippen LogP contribution in [0.4, 0.5) is 16.2 Å². The minimum atomic E-state index is -4.93. The number of hydrogen-bond donors (Lipinski definition) is 5. The molecular formula is C21H25FN10O11P2. The van der Waals surface area contributed by atoms with E-state index >= 15 is 4.39 Å². The lowest BCUT2D eigenvalue weighted by atomic mass is 10.1. The quantitative estimate of drug-likeness (QED) is 0.171. The number of nitrogens with two attached hydrogens (primary N) is 2. The summed E-state index contributed by atoms with van der Waals surface area (Å²) in [6, 6.07) is 0. The van der Waals surface area contributed by atoms with Crippen LogP contribution in [0.3, 0.4) is 0 Å². The highest BCUT2D eigenvalue weighted by Gasteiger charge is 2.50. The molecule has 0 amide bonds. The highest BCUT2D eigenvalue weighted by atomic mass is 31.2. The van der Waals surface area contributed by atoms with Crippen LogP contribution in [0.15, 0.2) is 23.8 Å². The first-order valence-electron chi connectivity index (χ1n) is 13.2. The second-order valence-corrected chi connectivity index (χ2v) is 13.6. The molecule has 3 aliphatic heterocycles. The van der Waals surface area contributed by atoms with Crippen molar-refractivity contribution >= 4 is 49.5 Å². The molecule has 3 fully saturated rings. The van der Waals surface area contributed by atoms with E-state index in [1.807, 2.05) is 0 Å². The summed E-state index contributed by atoms with van der Waals surface area (Å²) in [5.41, 5.74) is 11.0. The van der Waals surface area contributed by atoms with Gasteiger partial charge in [-0.05, 0) is 0 Å². The van der Waals surface area contributed by atoms with E-state index in [9.17, 15) is 23.7 Å². The lowest BCUT2D eigenvalue weighted by molar-refractivity contribution is -0.0614. The Balaban J connectivity index is 1.18. The van der Waals surface area contributed by atoms with Gasteiger partial charge in [0.15, 0.2) is 41.3 Å². The summed E-state index contributed by atoms with van der Waals surface area (Å²) in [6.07, 6.45) is -7.45. The van der Waals surface area contributed by atoms with Gasteiger partial charge in [-0.1, -0.05) is 0 Å². The molecule has 0 spiro atoms. The maximum absolute atomic E-state index is 15.9. The molecule has 3 unspecified atom stereocenters. The Hall–Kier alpha value is -3.43. The third-order valence-electron chi connectivity index (χ3n) is 7.36. The average Bonchev–Trinajstić information content (AvgIpc) is 3.74. The van der Waals surface area contributed by atoms with Crippen molar-refractivity contribution in [2.45, 2.75) is 49.5 Å². The number of anilines is 2. The molecule has 24 heteroatoms. The lowest BCUT2D eigenvalue weighted by Gasteiger charge is -2.24. The number of ether oxygens (including phenoxy) is 3. The zero-order valence-electron chi connectivity index (χ0n) is 22.7. The number of nitrogens with one attached hydrogen (secondary N) is 1. The van der Waals surface area contributed by atoms with E-state index in [4.69, 9.17) is 39.2 Å². The second kappa shape index (κ2) is 11.1. The molecule has 7 rings (SSSR count). The Kier molecular flexibility index (Phi) is 7.47. The van der Waals surface area contributed by atoms with Crippen LogP contribution in [0.1, 0.15) is 18.9 Å². The molecule has 242 valence electrons. The molecule has 3 saturated heterocycles. The van der Waals surface area contributed by atoms with Crippen molar-refractivity contribution in [3.8, 4) is 0 Å². The summed E-state index contributed by atoms with van der Waals surface area (Å²) in [4.78, 5) is 55.9. The normalized spacial score (nSPS) is 36.3. The SMILES string of the molecule is Nc1nc2c(ncn2[C@@H]2O[C@@H]3COP(=O)(O)COC4[C@@H](COP(=O)(O)O[C@H]2C3)O[C@@H](n2cnc3c(N)ncnc32)[C@H]4F)c(=O)[nH]1. The number of imidazole rings is 2. The molecule has 3 aliphatic rings. The fourth-order valence-corrected chi connectivity index (χ4v) is 7.15. The molecule has 21 nitrogen and oxygen atoms in total. The van der Waals surface area contributed by atoms with E-state index in [-0.39, 0.29) is 40.5 Å². The first kappa shape index (κ1) is 30.2. The summed E-state index contributed by atoms with van der Waals surface area (Å²) in [5, 5.41) is 0. The van der Waals surface area contributed by atoms with Gasteiger partial charge >= 0.3 is 15.4 Å². The number of aromatic nitrogens is 8. The van der Waals surface area contributed by atoms with Crippen molar-refractivity contribution in [1.82, 2.24) is 39.0 Å². The molecule has 7 N–H and O–H groups in total. The molecule has 2 bridgehead atoms. The number of hydrogen-bond acceptors (Lipinski definition) is 16. The minimum absolute atomic E-state index is 0.0227. The van der Waals surface area contributed by atoms with E-state index in [0.29, 0.717) is 0 Å². The largest absolute Gasteiger partial charge is 0.472 e. The molecule has 9 atom stereocenters. The van der Waals surface area contributed by atoms with E-state index in [0.717, 1.165) is 6.33 Å². The number of nitrogens with zero attached hydrogens (tertiary/aromatic N) is 7. The van der Waals surface area contributed by atoms with Gasteiger partial charge in [-0.2, -0.15) is 4.98 Å². The number of rotatable bonds is 2. The van der Waals surface area contributed by atoms with Crippen LogP contribution in [-0.4, -0.2) is 99.0 Å². The first-order valence-corrected chi connectivity index (χ1v) is 16.5. The zero-order chi connectivity index (χ0) is 31.7. The van der Waals surface area contributed by atoms with Crippen LogP contribution in [-0.2, 0) is 36.9 Å². The van der Waals surface area contributed by atoms with E-state index < -0.39 is 83.6 Å². The molecule has 0 aromatic carbocycles. The van der Waals surface area contributed by atoms with Gasteiger partial charge < -0.3 is 40.0 Å². The predicted octanol–water partition coefficient (Wildman–Crippen LogP) is -0.293. The van der Waals surface area contributed by atoms with Gasteiger partial charge in [0, 0.05) is 6.42 Å². The van der Waals surface area contributed by atoms with Gasteiger partial charge in [0.05, 0.1) is 32.0 Å². The highest BCUT2D eigenvalue weighted by molar-refractivity contribution is 7.52. The standard InChI is InChI=1S/C21H25FN10O11P2/c22-11-14-10(42-20(11)31-5-27-12-15(23)25-4-26-16(12)31)3-40-45(36,37)43-9-1-8(2-39-44(34,35)7-38-14)41-19(9)32-6-28-13-17(32)29-21(24)30-18(13)33/h4-6,8-11,14,19-20H,1-3,7H2,(H,34,35)(H,36,37)(H2,23,25,26)(H3,24,29,30,33)/t8-,9-,10+,11-,14?,19+,20+/m0/s1. The van der Waals surface area contributed by atoms with Gasteiger partial charge in [0.25, 0.3) is 5.56 Å². The van der Waals surface area contributed by atoms with Gasteiger partial charge in [-0.25, -0.2) is 28.9 Å². The zero-order valence-corrected chi connectivity index (χ0v) is 24.5. The molecule has 0 radical (unpaired) electrons. The minimum Gasteiger partial charge on any atom is -0.382 e. The Bertz CT molecular complexity index is 1920. The lowest BCUT2D eigenvalue weighted by Crippen LogP contribution is -2.35. The van der Waals surface area contributed by atoms with Crippen molar-refractivity contribution in [3.05, 3.63) is 29.3 Å². The van der Waals surface area contributed by atoms with Crippen molar-refractivity contribution in [1.29, 1.82) is 0 Å². The summed E-state index contributed by atoms with van der Waals surface area (Å²) < 4.78 is 77.5. The fraction of sp³-hybridized carbons (Fsp3) is 0.524. The molecule has 45 heavy (non-hydrogen) atoms. The van der Waals surface area contributed by atoms with Crippen molar-refractivity contribution in [2.75, 3.05) is 31.0 Å². The Morgan fingerprint density at radius 3 is 2.51 bits per heavy atom. The number of phosphoric acid groups is 1. The Labute approximate surface area is 249 Å². The van der Waals surface area contributed by atoms with Gasteiger partial charge in [-0.15, -0.1) is 0 Å². The van der Waals surface area contributed by atoms with Gasteiger partial charge in [0.2, 0.25) is 5.95 Å². The van der Waals surface area contributed by atoms with Crippen molar-refractivity contribution in [3.63, 3.8) is 0 Å². The topological polar surface area (TPSA) is 289 Å². The first-order chi connectivity index (χ1) is 21.4. The third-order valence-corrected chi connectivity index (χ3v) is 9.40. The second-order valence-electron chi connectivity index (χ2n) is 10.4. The van der Waals surface area contributed by atoms with Crippen LogP contribution >= 0.6 is 15.4 Å². The number of H-pyrrole nitrogens is 1. The Morgan fingerprint density at radius 1 is 0.956 bits per heavy atom. The number of phosphoric ester groups is 1. The Morgan fingerprint density at radius 2 is 1.71 bits per heavy atom. The number of fused-ring (bicyclic) bond motifs is 5. The maximum atomic E-state index is 15.9.